The first-order valence-corrected chi connectivity index (χ1v) is 6.60. The van der Waals surface area contributed by atoms with E-state index in [-0.39, 0.29) is 5.69 Å². The Kier molecular flexibility index (Phi) is 4.08. The summed E-state index contributed by atoms with van der Waals surface area (Å²) in [6, 6.07) is 7.33. The van der Waals surface area contributed by atoms with Crippen LogP contribution in [0.25, 0.3) is 0 Å². The van der Waals surface area contributed by atoms with Gasteiger partial charge in [0.25, 0.3) is 0 Å². The molecule has 0 radical (unpaired) electrons. The van der Waals surface area contributed by atoms with Gasteiger partial charge in [-0.1, -0.05) is 24.3 Å². The van der Waals surface area contributed by atoms with Gasteiger partial charge in [-0.2, -0.15) is 0 Å². The van der Waals surface area contributed by atoms with Crippen LogP contribution >= 0.6 is 0 Å². The first-order chi connectivity index (χ1) is 9.52. The lowest BCUT2D eigenvalue weighted by atomic mass is 10.0. The number of carboxylic acids is 1. The predicted molar refractivity (Wildman–Crippen MR) is 76.0 cm³/mol. The third kappa shape index (κ3) is 2.82. The maximum absolute atomic E-state index is 11.9. The maximum Gasteiger partial charge on any atom is 0.328 e. The Morgan fingerprint density at radius 3 is 2.30 bits per heavy atom. The third-order valence-electron chi connectivity index (χ3n) is 3.46. The SMILES string of the molecule is CCn1ccn(Cc2ccc(C(C)C(=O)O)cc2)c1=O. The number of rotatable bonds is 5. The monoisotopic (exact) mass is 274 g/mol. The molecule has 0 bridgehead atoms. The minimum absolute atomic E-state index is 0.0320. The summed E-state index contributed by atoms with van der Waals surface area (Å²) in [6.45, 7) is 4.73. The molecule has 0 aliphatic heterocycles. The van der Waals surface area contributed by atoms with Crippen molar-refractivity contribution in [3.05, 3.63) is 58.3 Å². The average molecular weight is 274 g/mol. The van der Waals surface area contributed by atoms with E-state index in [0.29, 0.717) is 13.1 Å². The van der Waals surface area contributed by atoms with Gasteiger partial charge >= 0.3 is 11.7 Å². The molecule has 1 N–H and O–H groups in total. The first-order valence-electron chi connectivity index (χ1n) is 6.60. The zero-order valence-electron chi connectivity index (χ0n) is 11.6. The summed E-state index contributed by atoms with van der Waals surface area (Å²) in [6.07, 6.45) is 3.53. The summed E-state index contributed by atoms with van der Waals surface area (Å²) in [7, 11) is 0. The summed E-state index contributed by atoms with van der Waals surface area (Å²) in [5, 5.41) is 8.96. The minimum Gasteiger partial charge on any atom is -0.481 e. The molecule has 2 aromatic rings. The summed E-state index contributed by atoms with van der Waals surface area (Å²) >= 11 is 0. The molecule has 1 unspecified atom stereocenters. The molecule has 1 heterocycles. The topological polar surface area (TPSA) is 64.2 Å². The molecule has 1 aromatic heterocycles. The molecule has 0 saturated heterocycles. The van der Waals surface area contributed by atoms with Crippen molar-refractivity contribution in [3.8, 4) is 0 Å². The van der Waals surface area contributed by atoms with Crippen LogP contribution in [0.2, 0.25) is 0 Å². The molecule has 5 heteroatoms. The lowest BCUT2D eigenvalue weighted by molar-refractivity contribution is -0.138. The Morgan fingerprint density at radius 1 is 1.20 bits per heavy atom. The van der Waals surface area contributed by atoms with E-state index in [0.717, 1.165) is 11.1 Å². The Labute approximate surface area is 117 Å². The molecule has 2 rings (SSSR count). The molecule has 0 spiro atoms. The number of carbonyl (C=O) groups is 1. The second-order valence-corrected chi connectivity index (χ2v) is 4.80. The molecule has 0 fully saturated rings. The van der Waals surface area contributed by atoms with Crippen molar-refractivity contribution < 1.29 is 9.90 Å². The Hall–Kier alpha value is -2.30. The largest absolute Gasteiger partial charge is 0.481 e. The van der Waals surface area contributed by atoms with Crippen molar-refractivity contribution in [2.24, 2.45) is 0 Å². The van der Waals surface area contributed by atoms with E-state index in [1.165, 1.54) is 0 Å². The molecule has 20 heavy (non-hydrogen) atoms. The fraction of sp³-hybridized carbons (Fsp3) is 0.333. The van der Waals surface area contributed by atoms with Crippen LogP contribution in [-0.4, -0.2) is 20.2 Å². The standard InChI is InChI=1S/C15H18N2O3/c1-3-16-8-9-17(15(16)20)10-12-4-6-13(7-5-12)11(2)14(18)19/h4-9,11H,3,10H2,1-2H3,(H,18,19). The van der Waals surface area contributed by atoms with Crippen molar-refractivity contribution in [3.63, 3.8) is 0 Å². The van der Waals surface area contributed by atoms with Gasteiger partial charge in [0.1, 0.15) is 0 Å². The summed E-state index contributed by atoms with van der Waals surface area (Å²) in [5.41, 5.74) is 1.71. The Balaban J connectivity index is 2.16. The summed E-state index contributed by atoms with van der Waals surface area (Å²) in [5.74, 6) is -1.36. The highest BCUT2D eigenvalue weighted by Gasteiger charge is 2.13. The van der Waals surface area contributed by atoms with Gasteiger partial charge < -0.3 is 5.11 Å². The van der Waals surface area contributed by atoms with Gasteiger partial charge in [-0.15, -0.1) is 0 Å². The van der Waals surface area contributed by atoms with Crippen molar-refractivity contribution >= 4 is 5.97 Å². The number of hydrogen-bond acceptors (Lipinski definition) is 2. The van der Waals surface area contributed by atoms with Crippen LogP contribution in [0.4, 0.5) is 0 Å². The van der Waals surface area contributed by atoms with Gasteiger partial charge in [-0.3, -0.25) is 13.9 Å². The predicted octanol–water partition coefficient (Wildman–Crippen LogP) is 1.91. The lowest BCUT2D eigenvalue weighted by Crippen LogP contribution is -2.23. The maximum atomic E-state index is 11.9. The molecular formula is C15H18N2O3. The van der Waals surface area contributed by atoms with E-state index in [9.17, 15) is 9.59 Å². The molecule has 5 nitrogen and oxygen atoms in total. The van der Waals surface area contributed by atoms with Gasteiger partial charge in [0.2, 0.25) is 0 Å². The van der Waals surface area contributed by atoms with Crippen LogP contribution in [-0.2, 0) is 17.9 Å². The average Bonchev–Trinajstić information content (AvgIpc) is 2.79. The quantitative estimate of drug-likeness (QED) is 0.905. The molecule has 0 aliphatic rings. The highest BCUT2D eigenvalue weighted by Crippen LogP contribution is 2.16. The third-order valence-corrected chi connectivity index (χ3v) is 3.46. The summed E-state index contributed by atoms with van der Waals surface area (Å²) < 4.78 is 3.28. The molecule has 0 amide bonds. The van der Waals surface area contributed by atoms with Crippen molar-refractivity contribution in [1.82, 2.24) is 9.13 Å². The molecule has 0 aliphatic carbocycles. The normalized spacial score (nSPS) is 12.3. The Bertz CT molecular complexity index is 653. The zero-order valence-corrected chi connectivity index (χ0v) is 11.6. The van der Waals surface area contributed by atoms with E-state index in [1.807, 2.05) is 19.1 Å². The number of aliphatic carboxylic acids is 1. The molecular weight excluding hydrogens is 256 g/mol. The van der Waals surface area contributed by atoms with Crippen LogP contribution in [0.1, 0.15) is 30.9 Å². The van der Waals surface area contributed by atoms with Crippen LogP contribution < -0.4 is 5.69 Å². The second-order valence-electron chi connectivity index (χ2n) is 4.80. The number of aromatic nitrogens is 2. The van der Waals surface area contributed by atoms with E-state index in [2.05, 4.69) is 0 Å². The Morgan fingerprint density at radius 2 is 1.80 bits per heavy atom. The number of benzene rings is 1. The van der Waals surface area contributed by atoms with Gasteiger partial charge in [0, 0.05) is 18.9 Å². The number of aryl methyl sites for hydroxylation is 1. The van der Waals surface area contributed by atoms with Crippen molar-refractivity contribution in [1.29, 1.82) is 0 Å². The number of imidazole rings is 1. The van der Waals surface area contributed by atoms with E-state index in [1.54, 1.807) is 40.6 Å². The van der Waals surface area contributed by atoms with E-state index in [4.69, 9.17) is 5.11 Å². The van der Waals surface area contributed by atoms with Crippen LogP contribution in [0, 0.1) is 0 Å². The molecule has 0 saturated carbocycles. The first kappa shape index (κ1) is 14.1. The van der Waals surface area contributed by atoms with E-state index < -0.39 is 11.9 Å². The number of carboxylic acid groups (broad SMARTS) is 1. The second kappa shape index (κ2) is 5.77. The van der Waals surface area contributed by atoms with Crippen molar-refractivity contribution in [2.45, 2.75) is 32.9 Å². The van der Waals surface area contributed by atoms with Gasteiger partial charge in [0.05, 0.1) is 12.5 Å². The smallest absolute Gasteiger partial charge is 0.328 e. The summed E-state index contributed by atoms with van der Waals surface area (Å²) in [4.78, 5) is 22.8. The molecule has 1 atom stereocenters. The fourth-order valence-electron chi connectivity index (χ4n) is 2.07. The minimum atomic E-state index is -0.839. The fourth-order valence-corrected chi connectivity index (χ4v) is 2.07. The molecule has 1 aromatic carbocycles. The van der Waals surface area contributed by atoms with Crippen LogP contribution in [0.15, 0.2) is 41.5 Å². The van der Waals surface area contributed by atoms with Gasteiger partial charge in [-0.05, 0) is 25.0 Å². The van der Waals surface area contributed by atoms with Crippen LogP contribution in [0.5, 0.6) is 0 Å². The lowest BCUT2D eigenvalue weighted by Gasteiger charge is -2.08. The number of hydrogen-bond donors (Lipinski definition) is 1. The number of nitrogens with zero attached hydrogens (tertiary/aromatic N) is 2. The highest BCUT2D eigenvalue weighted by atomic mass is 16.4. The van der Waals surface area contributed by atoms with Gasteiger partial charge in [0.15, 0.2) is 0 Å². The zero-order chi connectivity index (χ0) is 14.7. The van der Waals surface area contributed by atoms with Crippen molar-refractivity contribution in [2.75, 3.05) is 0 Å². The molecule has 106 valence electrons. The van der Waals surface area contributed by atoms with Crippen LogP contribution in [0.3, 0.4) is 0 Å². The highest BCUT2D eigenvalue weighted by molar-refractivity contribution is 5.75. The van der Waals surface area contributed by atoms with E-state index >= 15 is 0 Å². The van der Waals surface area contributed by atoms with Gasteiger partial charge in [-0.25, -0.2) is 4.79 Å².